The molecule has 1 aliphatic heterocycles. The van der Waals surface area contributed by atoms with E-state index < -0.39 is 6.10 Å². The molecule has 1 aliphatic rings. The summed E-state index contributed by atoms with van der Waals surface area (Å²) in [6.07, 6.45) is 0.229. The van der Waals surface area contributed by atoms with E-state index in [-0.39, 0.29) is 11.7 Å². The van der Waals surface area contributed by atoms with Gasteiger partial charge >= 0.3 is 0 Å². The number of ketones is 1. The molecule has 1 heterocycles. The number of rotatable bonds is 2. The van der Waals surface area contributed by atoms with Gasteiger partial charge in [-0.05, 0) is 25.5 Å². The fourth-order valence-electron chi connectivity index (χ4n) is 1.96. The number of benzene rings is 1. The highest BCUT2D eigenvalue weighted by Crippen LogP contribution is 2.14. The van der Waals surface area contributed by atoms with E-state index in [0.29, 0.717) is 30.6 Å². The van der Waals surface area contributed by atoms with Crippen LogP contribution < -0.4 is 0 Å². The van der Waals surface area contributed by atoms with E-state index in [1.807, 2.05) is 0 Å². The Hall–Kier alpha value is -1.68. The van der Waals surface area contributed by atoms with Crippen molar-refractivity contribution in [3.8, 4) is 0 Å². The fourth-order valence-corrected chi connectivity index (χ4v) is 1.96. The van der Waals surface area contributed by atoms with E-state index in [0.717, 1.165) is 0 Å². The van der Waals surface area contributed by atoms with Crippen LogP contribution in [0.4, 0.5) is 0 Å². The van der Waals surface area contributed by atoms with Gasteiger partial charge in [-0.3, -0.25) is 9.59 Å². The molecule has 1 N–H and O–H groups in total. The van der Waals surface area contributed by atoms with Gasteiger partial charge in [-0.15, -0.1) is 0 Å². The molecule has 0 radical (unpaired) electrons. The third-order valence-corrected chi connectivity index (χ3v) is 2.99. The largest absolute Gasteiger partial charge is 0.391 e. The first-order valence-electron chi connectivity index (χ1n) is 5.66. The van der Waals surface area contributed by atoms with Crippen molar-refractivity contribution in [2.75, 3.05) is 13.1 Å². The van der Waals surface area contributed by atoms with E-state index in [4.69, 9.17) is 0 Å². The lowest BCUT2D eigenvalue weighted by Crippen LogP contribution is -2.29. The predicted molar refractivity (Wildman–Crippen MR) is 63.0 cm³/mol. The van der Waals surface area contributed by atoms with Crippen LogP contribution in [0.2, 0.25) is 0 Å². The van der Waals surface area contributed by atoms with Gasteiger partial charge in [0.05, 0.1) is 6.10 Å². The van der Waals surface area contributed by atoms with Crippen LogP contribution in [0.1, 0.15) is 34.1 Å². The SMILES string of the molecule is CC(=O)c1ccc(C(=O)N2CCC(O)C2)cc1. The number of carbonyl (C=O) groups is 2. The number of likely N-dealkylation sites (tertiary alicyclic amines) is 1. The second-order valence-electron chi connectivity index (χ2n) is 4.33. The van der Waals surface area contributed by atoms with Gasteiger partial charge in [-0.25, -0.2) is 0 Å². The lowest BCUT2D eigenvalue weighted by atomic mass is 10.1. The first-order chi connectivity index (χ1) is 8.08. The molecule has 4 nitrogen and oxygen atoms in total. The molecule has 0 aromatic heterocycles. The van der Waals surface area contributed by atoms with Crippen LogP contribution in [0.5, 0.6) is 0 Å². The molecule has 1 atom stereocenters. The zero-order valence-electron chi connectivity index (χ0n) is 9.72. The predicted octanol–water partition coefficient (Wildman–Crippen LogP) is 1.10. The summed E-state index contributed by atoms with van der Waals surface area (Å²) >= 11 is 0. The number of hydrogen-bond acceptors (Lipinski definition) is 3. The number of carbonyl (C=O) groups excluding carboxylic acids is 2. The second-order valence-corrected chi connectivity index (χ2v) is 4.33. The molecular formula is C13H15NO3. The normalized spacial score (nSPS) is 19.4. The Morgan fingerprint density at radius 2 is 1.82 bits per heavy atom. The Morgan fingerprint density at radius 1 is 1.24 bits per heavy atom. The number of nitrogens with zero attached hydrogens (tertiary/aromatic N) is 1. The first-order valence-corrected chi connectivity index (χ1v) is 5.66. The molecule has 90 valence electrons. The number of amides is 1. The molecule has 1 fully saturated rings. The monoisotopic (exact) mass is 233 g/mol. The zero-order valence-corrected chi connectivity index (χ0v) is 9.72. The van der Waals surface area contributed by atoms with Gasteiger partial charge in [0.1, 0.15) is 0 Å². The van der Waals surface area contributed by atoms with Crippen LogP contribution in [0.3, 0.4) is 0 Å². The van der Waals surface area contributed by atoms with Crippen molar-refractivity contribution in [3.63, 3.8) is 0 Å². The van der Waals surface area contributed by atoms with Crippen molar-refractivity contribution in [2.45, 2.75) is 19.4 Å². The second kappa shape index (κ2) is 4.67. The van der Waals surface area contributed by atoms with E-state index in [9.17, 15) is 14.7 Å². The Morgan fingerprint density at radius 3 is 2.29 bits per heavy atom. The van der Waals surface area contributed by atoms with E-state index in [1.165, 1.54) is 6.92 Å². The Kier molecular flexibility index (Phi) is 3.24. The smallest absolute Gasteiger partial charge is 0.253 e. The van der Waals surface area contributed by atoms with E-state index >= 15 is 0 Å². The van der Waals surface area contributed by atoms with E-state index in [1.54, 1.807) is 29.2 Å². The summed E-state index contributed by atoms with van der Waals surface area (Å²) in [4.78, 5) is 24.7. The van der Waals surface area contributed by atoms with Crippen molar-refractivity contribution in [1.82, 2.24) is 4.90 Å². The van der Waals surface area contributed by atoms with Crippen molar-refractivity contribution in [2.24, 2.45) is 0 Å². The van der Waals surface area contributed by atoms with Gasteiger partial charge in [-0.1, -0.05) is 12.1 Å². The number of Topliss-reactive ketones (excluding diaryl/α,β-unsaturated/α-hetero) is 1. The lowest BCUT2D eigenvalue weighted by Gasteiger charge is -2.15. The summed E-state index contributed by atoms with van der Waals surface area (Å²) in [5.41, 5.74) is 1.16. The highest BCUT2D eigenvalue weighted by molar-refractivity contribution is 5.97. The van der Waals surface area contributed by atoms with Gasteiger partial charge in [0, 0.05) is 24.2 Å². The van der Waals surface area contributed by atoms with Gasteiger partial charge in [-0.2, -0.15) is 0 Å². The maximum atomic E-state index is 12.0. The third-order valence-electron chi connectivity index (χ3n) is 2.99. The molecule has 1 saturated heterocycles. The molecule has 4 heteroatoms. The zero-order chi connectivity index (χ0) is 12.4. The van der Waals surface area contributed by atoms with Crippen LogP contribution in [0, 0.1) is 0 Å². The summed E-state index contributed by atoms with van der Waals surface area (Å²) in [6, 6.07) is 6.62. The molecule has 1 amide bonds. The van der Waals surface area contributed by atoms with Gasteiger partial charge in [0.15, 0.2) is 5.78 Å². The van der Waals surface area contributed by atoms with Gasteiger partial charge in [0.2, 0.25) is 0 Å². The van der Waals surface area contributed by atoms with Crippen LogP contribution in [-0.4, -0.2) is 40.9 Å². The van der Waals surface area contributed by atoms with Gasteiger partial charge in [0.25, 0.3) is 5.91 Å². The summed E-state index contributed by atoms with van der Waals surface area (Å²) in [5, 5.41) is 9.37. The average molecular weight is 233 g/mol. The molecule has 1 aromatic rings. The van der Waals surface area contributed by atoms with Crippen molar-refractivity contribution in [1.29, 1.82) is 0 Å². The average Bonchev–Trinajstić information content (AvgIpc) is 2.75. The molecule has 1 unspecified atom stereocenters. The number of hydrogen-bond donors (Lipinski definition) is 1. The summed E-state index contributed by atoms with van der Waals surface area (Å²) in [7, 11) is 0. The van der Waals surface area contributed by atoms with Crippen LogP contribution in [-0.2, 0) is 0 Å². The summed E-state index contributed by atoms with van der Waals surface area (Å²) in [6.45, 7) is 2.48. The van der Waals surface area contributed by atoms with Crippen molar-refractivity contribution >= 4 is 11.7 Å². The molecule has 2 rings (SSSR count). The van der Waals surface area contributed by atoms with Crippen LogP contribution in [0.25, 0.3) is 0 Å². The molecular weight excluding hydrogens is 218 g/mol. The van der Waals surface area contributed by atoms with E-state index in [2.05, 4.69) is 0 Å². The number of aliphatic hydroxyl groups is 1. The van der Waals surface area contributed by atoms with Crippen molar-refractivity contribution in [3.05, 3.63) is 35.4 Å². The Labute approximate surface area is 99.9 Å². The molecule has 0 bridgehead atoms. The standard InChI is InChI=1S/C13H15NO3/c1-9(15)10-2-4-11(5-3-10)13(17)14-7-6-12(16)8-14/h2-5,12,16H,6-8H2,1H3. The van der Waals surface area contributed by atoms with Crippen LogP contribution >= 0.6 is 0 Å². The fraction of sp³-hybridized carbons (Fsp3) is 0.385. The van der Waals surface area contributed by atoms with Gasteiger partial charge < -0.3 is 10.0 Å². The molecule has 0 aliphatic carbocycles. The maximum absolute atomic E-state index is 12.0. The Bertz CT molecular complexity index is 438. The minimum atomic E-state index is -0.407. The van der Waals surface area contributed by atoms with Crippen molar-refractivity contribution < 1.29 is 14.7 Å². The first kappa shape index (κ1) is 11.8. The molecule has 0 saturated carbocycles. The minimum absolute atomic E-state index is 0.0133. The Balaban J connectivity index is 2.12. The molecule has 17 heavy (non-hydrogen) atoms. The highest BCUT2D eigenvalue weighted by atomic mass is 16.3. The maximum Gasteiger partial charge on any atom is 0.253 e. The quantitative estimate of drug-likeness (QED) is 0.778. The summed E-state index contributed by atoms with van der Waals surface area (Å²) < 4.78 is 0. The van der Waals surface area contributed by atoms with Crippen LogP contribution in [0.15, 0.2) is 24.3 Å². The molecule has 1 aromatic carbocycles. The topological polar surface area (TPSA) is 57.6 Å². The minimum Gasteiger partial charge on any atom is -0.391 e. The lowest BCUT2D eigenvalue weighted by molar-refractivity contribution is 0.0764. The third kappa shape index (κ3) is 2.53. The summed E-state index contributed by atoms with van der Waals surface area (Å²) in [5.74, 6) is -0.0998. The number of β-amino-alcohol motifs (C(OH)–C–C–N with tert-alkyl or cyclic N) is 1. The number of aliphatic hydroxyl groups excluding tert-OH is 1. The molecule has 0 spiro atoms. The highest BCUT2D eigenvalue weighted by Gasteiger charge is 2.25.